The van der Waals surface area contributed by atoms with Gasteiger partial charge in [-0.1, -0.05) is 42.5 Å². The van der Waals surface area contributed by atoms with Crippen molar-refractivity contribution < 1.29 is 21.6 Å². The van der Waals surface area contributed by atoms with Crippen LogP contribution >= 0.6 is 0 Å². The van der Waals surface area contributed by atoms with Crippen LogP contribution < -0.4 is 0 Å². The Morgan fingerprint density at radius 3 is 2.26 bits per heavy atom. The highest BCUT2D eigenvalue weighted by molar-refractivity contribution is 7.92. The van der Waals surface area contributed by atoms with E-state index in [1.165, 1.54) is 0 Å². The van der Waals surface area contributed by atoms with Gasteiger partial charge in [-0.05, 0) is 22.8 Å². The van der Waals surface area contributed by atoms with Crippen molar-refractivity contribution in [1.29, 1.82) is 0 Å². The molecule has 0 unspecified atom stereocenters. The maximum Gasteiger partial charge on any atom is 0.497 e. The van der Waals surface area contributed by atoms with Crippen LogP contribution in [0.4, 0.5) is 13.2 Å². The summed E-state index contributed by atoms with van der Waals surface area (Å²) < 4.78 is 58.9. The van der Waals surface area contributed by atoms with Crippen LogP contribution in [0.2, 0.25) is 0 Å². The van der Waals surface area contributed by atoms with Gasteiger partial charge >= 0.3 is 5.51 Å². The fraction of sp³-hybridized carbons (Fsp3) is 0.231. The van der Waals surface area contributed by atoms with E-state index >= 15 is 0 Å². The smallest absolute Gasteiger partial charge is 0.220 e. The first-order chi connectivity index (χ1) is 8.81. The molecule has 0 bridgehead atoms. The molecule has 2 rings (SSSR count). The maximum atomic E-state index is 12.3. The number of benzene rings is 2. The summed E-state index contributed by atoms with van der Waals surface area (Å²) >= 11 is 0. The number of sulfone groups is 1. The zero-order valence-corrected chi connectivity index (χ0v) is 10.6. The summed E-state index contributed by atoms with van der Waals surface area (Å²) in [6.07, 6.45) is -0.150. The van der Waals surface area contributed by atoms with Crippen LogP contribution in [0.25, 0.3) is 10.8 Å². The normalized spacial score (nSPS) is 12.8. The maximum absolute atomic E-state index is 12.3. The topological polar surface area (TPSA) is 34.1 Å². The third-order valence-electron chi connectivity index (χ3n) is 2.87. The number of hydrogen-bond acceptors (Lipinski definition) is 2. The molecule has 0 aliphatic heterocycles. The largest absolute Gasteiger partial charge is 0.497 e. The minimum atomic E-state index is -5.18. The second-order valence-corrected chi connectivity index (χ2v) is 6.25. The van der Waals surface area contributed by atoms with Crippen LogP contribution in [0, 0.1) is 0 Å². The van der Waals surface area contributed by atoms with E-state index in [2.05, 4.69) is 0 Å². The number of alkyl halides is 3. The summed E-state index contributed by atoms with van der Waals surface area (Å²) in [6, 6.07) is 12.4. The lowest BCUT2D eigenvalue weighted by molar-refractivity contribution is -0.0435. The van der Waals surface area contributed by atoms with E-state index in [1.807, 2.05) is 18.2 Å². The van der Waals surface area contributed by atoms with Crippen LogP contribution in [-0.2, 0) is 16.3 Å². The van der Waals surface area contributed by atoms with Crippen LogP contribution in [0.3, 0.4) is 0 Å². The van der Waals surface area contributed by atoms with E-state index in [1.54, 1.807) is 24.3 Å². The zero-order valence-electron chi connectivity index (χ0n) is 9.81. The Balaban J connectivity index is 2.29. The third-order valence-corrected chi connectivity index (χ3v) is 4.32. The van der Waals surface area contributed by atoms with Crippen molar-refractivity contribution in [2.75, 3.05) is 5.75 Å². The van der Waals surface area contributed by atoms with Gasteiger partial charge in [0.25, 0.3) is 0 Å². The number of fused-ring (bicyclic) bond motifs is 1. The van der Waals surface area contributed by atoms with Gasteiger partial charge in [-0.25, -0.2) is 8.42 Å². The summed E-state index contributed by atoms with van der Waals surface area (Å²) in [4.78, 5) is 0. The summed E-state index contributed by atoms with van der Waals surface area (Å²) in [5, 5.41) is 1.66. The molecule has 2 nitrogen and oxygen atoms in total. The molecule has 6 heteroatoms. The van der Waals surface area contributed by atoms with Crippen molar-refractivity contribution in [3.63, 3.8) is 0 Å². The molecule has 0 saturated carbocycles. The summed E-state index contributed by atoms with van der Waals surface area (Å²) in [7, 11) is -5.06. The first-order valence-corrected chi connectivity index (χ1v) is 7.22. The molecule has 0 spiro atoms. The van der Waals surface area contributed by atoms with Crippen molar-refractivity contribution in [3.05, 3.63) is 48.0 Å². The summed E-state index contributed by atoms with van der Waals surface area (Å²) in [5.41, 5.74) is -4.58. The van der Waals surface area contributed by atoms with Gasteiger partial charge in [-0.2, -0.15) is 13.2 Å². The lowest BCUT2D eigenvalue weighted by Gasteiger charge is -2.09. The fourth-order valence-corrected chi connectivity index (χ4v) is 2.59. The monoisotopic (exact) mass is 288 g/mol. The number of rotatable bonds is 3. The lowest BCUT2D eigenvalue weighted by Crippen LogP contribution is -2.27. The average Bonchev–Trinajstić information content (AvgIpc) is 2.35. The Morgan fingerprint density at radius 2 is 1.58 bits per heavy atom. The van der Waals surface area contributed by atoms with Crippen LogP contribution in [-0.4, -0.2) is 19.7 Å². The van der Waals surface area contributed by atoms with E-state index in [4.69, 9.17) is 0 Å². The first-order valence-electron chi connectivity index (χ1n) is 5.57. The predicted octanol–water partition coefficient (Wildman–Crippen LogP) is 3.32. The van der Waals surface area contributed by atoms with Gasteiger partial charge in [0.15, 0.2) is 0 Å². The molecule has 0 amide bonds. The molecule has 0 radical (unpaired) electrons. The lowest BCUT2D eigenvalue weighted by atomic mass is 10.0. The Hall–Kier alpha value is -1.56. The molecule has 0 N–H and O–H groups in total. The quantitative estimate of drug-likeness (QED) is 0.868. The van der Waals surface area contributed by atoms with Crippen molar-refractivity contribution in [1.82, 2.24) is 0 Å². The van der Waals surface area contributed by atoms with Gasteiger partial charge in [0.05, 0.1) is 5.75 Å². The number of halogens is 3. The Labute approximate surface area is 108 Å². The molecular formula is C13H11F3O2S. The second-order valence-electron chi connectivity index (χ2n) is 4.15. The molecular weight excluding hydrogens is 277 g/mol. The summed E-state index contributed by atoms with van der Waals surface area (Å²) in [6.45, 7) is 0. The SMILES string of the molecule is O=S(=O)(CCc1cccc2ccccc12)C(F)(F)F. The van der Waals surface area contributed by atoms with E-state index < -0.39 is 21.1 Å². The fourth-order valence-electron chi connectivity index (χ4n) is 1.87. The molecule has 0 atom stereocenters. The Bertz CT molecular complexity index is 685. The van der Waals surface area contributed by atoms with Gasteiger partial charge in [0.1, 0.15) is 0 Å². The van der Waals surface area contributed by atoms with E-state index in [0.29, 0.717) is 5.56 Å². The molecule has 19 heavy (non-hydrogen) atoms. The average molecular weight is 288 g/mol. The molecule has 0 aromatic heterocycles. The first kappa shape index (κ1) is 13.9. The predicted molar refractivity (Wildman–Crippen MR) is 67.5 cm³/mol. The summed E-state index contributed by atoms with van der Waals surface area (Å²) in [5.74, 6) is -0.926. The van der Waals surface area contributed by atoms with Gasteiger partial charge in [-0.15, -0.1) is 0 Å². The molecule has 0 heterocycles. The van der Waals surface area contributed by atoms with E-state index in [0.717, 1.165) is 10.8 Å². The third kappa shape index (κ3) is 2.89. The van der Waals surface area contributed by atoms with Crippen molar-refractivity contribution in [2.24, 2.45) is 0 Å². The van der Waals surface area contributed by atoms with Gasteiger partial charge < -0.3 is 0 Å². The van der Waals surface area contributed by atoms with E-state index in [-0.39, 0.29) is 6.42 Å². The Kier molecular flexibility index (Phi) is 3.54. The van der Waals surface area contributed by atoms with Gasteiger partial charge in [0.2, 0.25) is 9.84 Å². The Morgan fingerprint density at radius 1 is 0.947 bits per heavy atom. The van der Waals surface area contributed by atoms with Crippen LogP contribution in [0.1, 0.15) is 5.56 Å². The molecule has 0 fully saturated rings. The second kappa shape index (κ2) is 4.85. The zero-order chi connectivity index (χ0) is 14.1. The molecule has 0 aliphatic carbocycles. The van der Waals surface area contributed by atoms with Crippen molar-refractivity contribution in [2.45, 2.75) is 11.9 Å². The van der Waals surface area contributed by atoms with Crippen LogP contribution in [0.15, 0.2) is 42.5 Å². The molecule has 102 valence electrons. The van der Waals surface area contributed by atoms with Gasteiger partial charge in [-0.3, -0.25) is 0 Å². The highest BCUT2D eigenvalue weighted by Crippen LogP contribution is 2.26. The standard InChI is InChI=1S/C13H11F3O2S/c14-13(15,16)19(17,18)9-8-11-6-3-5-10-4-1-2-7-12(10)11/h1-7H,8-9H2. The molecule has 0 saturated heterocycles. The molecule has 0 aliphatic rings. The van der Waals surface area contributed by atoms with Crippen molar-refractivity contribution >= 4 is 20.6 Å². The number of aryl methyl sites for hydroxylation is 1. The van der Waals surface area contributed by atoms with Crippen molar-refractivity contribution in [3.8, 4) is 0 Å². The minimum Gasteiger partial charge on any atom is -0.220 e. The highest BCUT2D eigenvalue weighted by atomic mass is 32.2. The number of hydrogen-bond donors (Lipinski definition) is 0. The van der Waals surface area contributed by atoms with Gasteiger partial charge in [0, 0.05) is 0 Å². The minimum absolute atomic E-state index is 0.150. The highest BCUT2D eigenvalue weighted by Gasteiger charge is 2.44. The van der Waals surface area contributed by atoms with Crippen LogP contribution in [0.5, 0.6) is 0 Å². The van der Waals surface area contributed by atoms with E-state index in [9.17, 15) is 21.6 Å². The molecule has 2 aromatic rings. The molecule has 2 aromatic carbocycles.